The van der Waals surface area contributed by atoms with Crippen LogP contribution < -0.4 is 4.90 Å². The normalized spacial score (nSPS) is 16.2. The van der Waals surface area contributed by atoms with Crippen molar-refractivity contribution < 1.29 is 4.42 Å². The van der Waals surface area contributed by atoms with E-state index >= 15 is 0 Å². The molecule has 3 aromatic rings. The molecule has 0 unspecified atom stereocenters. The van der Waals surface area contributed by atoms with E-state index in [-0.39, 0.29) is 0 Å². The van der Waals surface area contributed by atoms with Crippen molar-refractivity contribution >= 4 is 22.9 Å². The molecular weight excluding hydrogens is 348 g/mol. The van der Waals surface area contributed by atoms with Crippen molar-refractivity contribution in [1.82, 2.24) is 14.9 Å². The zero-order chi connectivity index (χ0) is 19.5. The molecule has 0 N–H and O–H groups in total. The monoisotopic (exact) mass is 376 g/mol. The SMILES string of the molecule is Cc1cc2nc(N3CCCN(C/C=C/c4ccco4)CC3)nc(C)c2cc1C. The van der Waals surface area contributed by atoms with Crippen LogP contribution >= 0.6 is 0 Å². The van der Waals surface area contributed by atoms with Gasteiger partial charge in [0.05, 0.1) is 17.5 Å². The Labute approximate surface area is 166 Å². The first-order valence-electron chi connectivity index (χ1n) is 10.0. The molecule has 28 heavy (non-hydrogen) atoms. The molecule has 0 atom stereocenters. The number of aromatic nitrogens is 2. The first-order chi connectivity index (χ1) is 13.6. The number of benzene rings is 1. The highest BCUT2D eigenvalue weighted by Crippen LogP contribution is 2.23. The summed E-state index contributed by atoms with van der Waals surface area (Å²) in [4.78, 5) is 14.5. The molecular formula is C23H28N4O. The van der Waals surface area contributed by atoms with Crippen LogP contribution in [0.5, 0.6) is 0 Å². The van der Waals surface area contributed by atoms with E-state index in [0.717, 1.165) is 67.5 Å². The van der Waals surface area contributed by atoms with Crippen molar-refractivity contribution in [2.75, 3.05) is 37.6 Å². The summed E-state index contributed by atoms with van der Waals surface area (Å²) in [7, 11) is 0. The third-order valence-electron chi connectivity index (χ3n) is 5.55. The molecule has 0 radical (unpaired) electrons. The Morgan fingerprint density at radius 2 is 1.89 bits per heavy atom. The molecule has 1 fully saturated rings. The Hall–Kier alpha value is -2.66. The Morgan fingerprint density at radius 3 is 2.71 bits per heavy atom. The number of hydrogen-bond donors (Lipinski definition) is 0. The van der Waals surface area contributed by atoms with Gasteiger partial charge in [-0.15, -0.1) is 0 Å². The van der Waals surface area contributed by atoms with Gasteiger partial charge in [-0.05, 0) is 68.7 Å². The smallest absolute Gasteiger partial charge is 0.226 e. The van der Waals surface area contributed by atoms with Gasteiger partial charge in [-0.1, -0.05) is 6.08 Å². The molecule has 2 aromatic heterocycles. The number of nitrogens with zero attached hydrogens (tertiary/aromatic N) is 4. The number of fused-ring (bicyclic) bond motifs is 1. The number of aryl methyl sites for hydroxylation is 3. The Bertz CT molecular complexity index is 978. The lowest BCUT2D eigenvalue weighted by atomic mass is 10.1. The number of furan rings is 1. The van der Waals surface area contributed by atoms with Gasteiger partial charge in [-0.2, -0.15) is 0 Å². The minimum atomic E-state index is 0.862. The second-order valence-electron chi connectivity index (χ2n) is 7.62. The molecule has 3 heterocycles. The molecule has 0 aliphatic carbocycles. The molecule has 146 valence electrons. The summed E-state index contributed by atoms with van der Waals surface area (Å²) in [6, 6.07) is 8.28. The van der Waals surface area contributed by atoms with Crippen LogP contribution in [0.25, 0.3) is 17.0 Å². The quantitative estimate of drug-likeness (QED) is 0.676. The maximum atomic E-state index is 5.35. The molecule has 1 saturated heterocycles. The summed E-state index contributed by atoms with van der Waals surface area (Å²) in [5.41, 5.74) is 4.68. The summed E-state index contributed by atoms with van der Waals surface area (Å²) in [6.07, 6.45) is 7.04. The first-order valence-corrected chi connectivity index (χ1v) is 10.0. The zero-order valence-electron chi connectivity index (χ0n) is 17.0. The summed E-state index contributed by atoms with van der Waals surface area (Å²) in [5, 5.41) is 1.16. The lowest BCUT2D eigenvalue weighted by molar-refractivity contribution is 0.325. The van der Waals surface area contributed by atoms with Gasteiger partial charge in [0.25, 0.3) is 0 Å². The summed E-state index contributed by atoms with van der Waals surface area (Å²) in [5.74, 6) is 1.77. The van der Waals surface area contributed by atoms with Crippen LogP contribution in [0.1, 0.15) is 29.0 Å². The van der Waals surface area contributed by atoms with Crippen molar-refractivity contribution in [3.63, 3.8) is 0 Å². The van der Waals surface area contributed by atoms with Gasteiger partial charge >= 0.3 is 0 Å². The van der Waals surface area contributed by atoms with Crippen LogP contribution in [0.3, 0.4) is 0 Å². The highest BCUT2D eigenvalue weighted by atomic mass is 16.3. The van der Waals surface area contributed by atoms with E-state index in [9.17, 15) is 0 Å². The van der Waals surface area contributed by atoms with Crippen LogP contribution in [0.15, 0.2) is 41.0 Å². The van der Waals surface area contributed by atoms with Gasteiger partial charge in [-0.25, -0.2) is 9.97 Å². The van der Waals surface area contributed by atoms with E-state index in [1.807, 2.05) is 18.2 Å². The van der Waals surface area contributed by atoms with Crippen molar-refractivity contribution in [3.8, 4) is 0 Å². The highest BCUT2D eigenvalue weighted by molar-refractivity contribution is 5.83. The van der Waals surface area contributed by atoms with Crippen molar-refractivity contribution in [2.45, 2.75) is 27.2 Å². The van der Waals surface area contributed by atoms with Crippen LogP contribution in [-0.4, -0.2) is 47.6 Å². The predicted molar refractivity (Wildman–Crippen MR) is 115 cm³/mol. The zero-order valence-corrected chi connectivity index (χ0v) is 17.0. The lowest BCUT2D eigenvalue weighted by Gasteiger charge is -2.22. The maximum absolute atomic E-state index is 5.35. The molecule has 5 nitrogen and oxygen atoms in total. The van der Waals surface area contributed by atoms with Crippen molar-refractivity contribution in [3.05, 3.63) is 59.2 Å². The molecule has 1 aromatic carbocycles. The maximum Gasteiger partial charge on any atom is 0.226 e. The van der Waals surface area contributed by atoms with Crippen molar-refractivity contribution in [2.24, 2.45) is 0 Å². The molecule has 1 aliphatic rings. The van der Waals surface area contributed by atoms with E-state index in [0.29, 0.717) is 0 Å². The fourth-order valence-corrected chi connectivity index (χ4v) is 3.73. The van der Waals surface area contributed by atoms with Crippen molar-refractivity contribution in [1.29, 1.82) is 0 Å². The van der Waals surface area contributed by atoms with Gasteiger partial charge in [-0.3, -0.25) is 4.90 Å². The predicted octanol–water partition coefficient (Wildman–Crippen LogP) is 4.37. The van der Waals surface area contributed by atoms with Crippen LogP contribution in [0.4, 0.5) is 5.95 Å². The van der Waals surface area contributed by atoms with Gasteiger partial charge in [0.15, 0.2) is 0 Å². The van der Waals surface area contributed by atoms with E-state index < -0.39 is 0 Å². The lowest BCUT2D eigenvalue weighted by Crippen LogP contribution is -2.32. The van der Waals surface area contributed by atoms with Gasteiger partial charge in [0.2, 0.25) is 5.95 Å². The number of hydrogen-bond acceptors (Lipinski definition) is 5. The van der Waals surface area contributed by atoms with E-state index in [4.69, 9.17) is 14.4 Å². The number of rotatable bonds is 4. The molecule has 0 spiro atoms. The fourth-order valence-electron chi connectivity index (χ4n) is 3.73. The second kappa shape index (κ2) is 8.15. The second-order valence-corrected chi connectivity index (χ2v) is 7.62. The standard InChI is InChI=1S/C23H28N4O/c1-17-15-21-19(3)24-23(25-22(21)16-18(17)2)27-11-6-10-26(12-13-27)9-4-7-20-8-5-14-28-20/h4-5,7-8,14-16H,6,9-13H2,1-3H3/b7-4+. The minimum absolute atomic E-state index is 0.862. The summed E-state index contributed by atoms with van der Waals surface area (Å²) < 4.78 is 5.35. The summed E-state index contributed by atoms with van der Waals surface area (Å²) >= 11 is 0. The number of anilines is 1. The van der Waals surface area contributed by atoms with Gasteiger partial charge in [0.1, 0.15) is 5.76 Å². The van der Waals surface area contributed by atoms with Crippen LogP contribution in [-0.2, 0) is 0 Å². The van der Waals surface area contributed by atoms with Crippen LogP contribution in [0.2, 0.25) is 0 Å². The largest absolute Gasteiger partial charge is 0.465 e. The topological polar surface area (TPSA) is 45.4 Å². The average Bonchev–Trinajstić information content (AvgIpc) is 3.08. The Morgan fingerprint density at radius 1 is 1.04 bits per heavy atom. The molecule has 0 amide bonds. The fraction of sp³-hybridized carbons (Fsp3) is 0.391. The van der Waals surface area contributed by atoms with Gasteiger partial charge in [0, 0.05) is 38.1 Å². The van der Waals surface area contributed by atoms with E-state index in [1.54, 1.807) is 6.26 Å². The molecule has 1 aliphatic heterocycles. The van der Waals surface area contributed by atoms with E-state index in [1.165, 1.54) is 11.1 Å². The summed E-state index contributed by atoms with van der Waals surface area (Å²) in [6.45, 7) is 11.4. The molecule has 4 rings (SSSR count). The minimum Gasteiger partial charge on any atom is -0.465 e. The molecule has 0 saturated carbocycles. The van der Waals surface area contributed by atoms with E-state index in [2.05, 4.69) is 48.8 Å². The average molecular weight is 377 g/mol. The molecule has 5 heteroatoms. The Kier molecular flexibility index (Phi) is 5.44. The Balaban J connectivity index is 1.46. The third kappa shape index (κ3) is 4.09. The van der Waals surface area contributed by atoms with Gasteiger partial charge < -0.3 is 9.32 Å². The van der Waals surface area contributed by atoms with Crippen LogP contribution in [0, 0.1) is 20.8 Å². The highest BCUT2D eigenvalue weighted by Gasteiger charge is 2.17. The molecule has 0 bridgehead atoms. The third-order valence-corrected chi connectivity index (χ3v) is 5.55. The first kappa shape index (κ1) is 18.7.